The number of amides is 1. The number of ether oxygens (including phenoxy) is 1. The van der Waals surface area contributed by atoms with E-state index in [1.807, 2.05) is 20.8 Å². The number of carbonyl (C=O) groups is 2. The van der Waals surface area contributed by atoms with E-state index in [4.69, 9.17) is 14.6 Å². The highest BCUT2D eigenvalue weighted by atomic mass is 19.1. The van der Waals surface area contributed by atoms with Crippen molar-refractivity contribution in [1.82, 2.24) is 29.9 Å². The van der Waals surface area contributed by atoms with Crippen molar-refractivity contribution in [1.29, 1.82) is 0 Å². The summed E-state index contributed by atoms with van der Waals surface area (Å²) in [4.78, 5) is 35.0. The van der Waals surface area contributed by atoms with Crippen molar-refractivity contribution in [2.24, 2.45) is 11.3 Å². The first-order chi connectivity index (χ1) is 20.4. The van der Waals surface area contributed by atoms with E-state index >= 15 is 0 Å². The number of anilines is 1. The van der Waals surface area contributed by atoms with Gasteiger partial charge in [0.25, 0.3) is 18.3 Å². The van der Waals surface area contributed by atoms with Gasteiger partial charge in [0.2, 0.25) is 0 Å². The largest absolute Gasteiger partial charge is 0.483 e. The van der Waals surface area contributed by atoms with Gasteiger partial charge in [0.05, 0.1) is 5.56 Å². The average molecular weight is 602 g/mol. The number of rotatable bonds is 12. The molecule has 0 bridgehead atoms. The minimum atomic E-state index is -0.495. The summed E-state index contributed by atoms with van der Waals surface area (Å²) in [5, 5.41) is 15.1. The maximum absolute atomic E-state index is 14.2. The quantitative estimate of drug-likeness (QED) is 0.354. The predicted molar refractivity (Wildman–Crippen MR) is 164 cm³/mol. The molecule has 0 radical (unpaired) electrons. The molecule has 1 spiro atoms. The summed E-state index contributed by atoms with van der Waals surface area (Å²) in [6, 6.07) is 4.56. The van der Waals surface area contributed by atoms with Gasteiger partial charge in [-0.15, -0.1) is 10.2 Å². The second-order valence-corrected chi connectivity index (χ2v) is 12.5. The van der Waals surface area contributed by atoms with Crippen LogP contribution in [-0.2, 0) is 4.79 Å². The van der Waals surface area contributed by atoms with Gasteiger partial charge in [-0.1, -0.05) is 13.8 Å². The van der Waals surface area contributed by atoms with Crippen molar-refractivity contribution in [2.75, 3.05) is 58.3 Å². The highest BCUT2D eigenvalue weighted by molar-refractivity contribution is 5.97. The number of carbonyl (C=O) groups excluding carboxylic acids is 1. The monoisotopic (exact) mass is 601 g/mol. The van der Waals surface area contributed by atoms with Gasteiger partial charge in [-0.25, -0.2) is 9.37 Å². The second kappa shape index (κ2) is 15.4. The molecule has 2 aromatic rings. The third-order valence-corrected chi connectivity index (χ3v) is 8.33. The number of benzene rings is 1. The molecule has 0 unspecified atom stereocenters. The SMILES string of the molecule is CCN(C(=O)c1cc(F)ccc1Oc1nncnc1N1CCC2(C1)CN([C@@H](CCCN(C)C)C(C)C)C2)C(C)C.O=CO. The number of halogens is 1. The molecule has 0 saturated carbocycles. The number of hydrogen-bond acceptors (Lipinski definition) is 9. The molecule has 1 amide bonds. The molecule has 1 atom stereocenters. The van der Waals surface area contributed by atoms with Crippen LogP contribution in [0.5, 0.6) is 11.6 Å². The van der Waals surface area contributed by atoms with Crippen molar-refractivity contribution >= 4 is 18.2 Å². The third-order valence-electron chi connectivity index (χ3n) is 8.33. The van der Waals surface area contributed by atoms with Crippen molar-refractivity contribution in [2.45, 2.75) is 66.0 Å². The number of carboxylic acid groups (broad SMARTS) is 1. The van der Waals surface area contributed by atoms with Crippen LogP contribution in [0.3, 0.4) is 0 Å². The van der Waals surface area contributed by atoms with E-state index in [-0.39, 0.29) is 41.0 Å². The predicted octanol–water partition coefficient (Wildman–Crippen LogP) is 4.25. The van der Waals surface area contributed by atoms with Gasteiger partial charge in [0.15, 0.2) is 5.82 Å². The number of aromatic nitrogens is 3. The van der Waals surface area contributed by atoms with Crippen LogP contribution in [0.1, 0.15) is 64.2 Å². The Morgan fingerprint density at radius 1 is 1.21 bits per heavy atom. The average Bonchev–Trinajstić information content (AvgIpc) is 3.38. The van der Waals surface area contributed by atoms with E-state index in [0.717, 1.165) is 39.1 Å². The van der Waals surface area contributed by atoms with Crippen molar-refractivity contribution < 1.29 is 23.8 Å². The molecule has 2 fully saturated rings. The molecule has 1 aromatic carbocycles. The van der Waals surface area contributed by atoms with Crippen LogP contribution < -0.4 is 9.64 Å². The van der Waals surface area contributed by atoms with Gasteiger partial charge in [0.1, 0.15) is 17.9 Å². The Labute approximate surface area is 255 Å². The first kappa shape index (κ1) is 34.1. The fraction of sp³-hybridized carbons (Fsp3) is 0.645. The van der Waals surface area contributed by atoms with E-state index in [9.17, 15) is 9.18 Å². The van der Waals surface area contributed by atoms with E-state index < -0.39 is 5.82 Å². The minimum absolute atomic E-state index is 0.0338. The zero-order valence-electron chi connectivity index (χ0n) is 26.7. The molecule has 43 heavy (non-hydrogen) atoms. The summed E-state index contributed by atoms with van der Waals surface area (Å²) in [7, 11) is 4.27. The highest BCUT2D eigenvalue weighted by Crippen LogP contribution is 2.44. The molecule has 12 heteroatoms. The van der Waals surface area contributed by atoms with Crippen LogP contribution in [0, 0.1) is 17.2 Å². The maximum Gasteiger partial charge on any atom is 0.290 e. The van der Waals surface area contributed by atoms with Crippen LogP contribution >= 0.6 is 0 Å². The van der Waals surface area contributed by atoms with E-state index in [2.05, 4.69) is 57.8 Å². The Balaban J connectivity index is 0.00000162. The van der Waals surface area contributed by atoms with Crippen LogP contribution in [0.2, 0.25) is 0 Å². The Morgan fingerprint density at radius 2 is 1.91 bits per heavy atom. The van der Waals surface area contributed by atoms with Gasteiger partial charge in [0, 0.05) is 50.2 Å². The zero-order chi connectivity index (χ0) is 31.7. The highest BCUT2D eigenvalue weighted by Gasteiger charge is 2.50. The summed E-state index contributed by atoms with van der Waals surface area (Å²) in [6.45, 7) is 15.7. The molecule has 11 nitrogen and oxygen atoms in total. The summed E-state index contributed by atoms with van der Waals surface area (Å²) in [5.74, 6) is 0.921. The molecular weight excluding hydrogens is 553 g/mol. The van der Waals surface area contributed by atoms with Crippen molar-refractivity contribution in [3.05, 3.63) is 35.9 Å². The fourth-order valence-electron chi connectivity index (χ4n) is 6.28. The van der Waals surface area contributed by atoms with E-state index in [1.165, 1.54) is 37.4 Å². The Kier molecular flexibility index (Phi) is 12.2. The summed E-state index contributed by atoms with van der Waals surface area (Å²) in [5.41, 5.74) is 0.390. The Morgan fingerprint density at radius 3 is 2.51 bits per heavy atom. The van der Waals surface area contributed by atoms with Crippen LogP contribution in [-0.4, -0.2) is 113 Å². The van der Waals surface area contributed by atoms with Crippen molar-refractivity contribution in [3.8, 4) is 11.6 Å². The molecule has 3 heterocycles. The normalized spacial score (nSPS) is 16.7. The standard InChI is InChI=1S/C30H46FN7O2.CH2O2/c1-8-38(22(4)5)29(39)24-16-23(31)11-12-26(24)40-28-27(32-20-33-34-28)36-15-13-30(17-36)18-37(19-30)25(21(2)3)10-9-14-35(6)7;2-1-3/h11-12,16,20-22,25H,8-10,13-15,17-19H2,1-7H3;1H,(H,2,3)/t25-;/m0./s1. The van der Waals surface area contributed by atoms with Crippen LogP contribution in [0.15, 0.2) is 24.5 Å². The van der Waals surface area contributed by atoms with Gasteiger partial charge in [-0.2, -0.15) is 0 Å². The first-order valence-corrected chi connectivity index (χ1v) is 15.1. The van der Waals surface area contributed by atoms with Gasteiger partial charge in [-0.3, -0.25) is 14.5 Å². The van der Waals surface area contributed by atoms with Gasteiger partial charge in [-0.05, 0) is 84.8 Å². The smallest absolute Gasteiger partial charge is 0.290 e. The molecule has 2 saturated heterocycles. The lowest BCUT2D eigenvalue weighted by molar-refractivity contribution is -0.122. The number of likely N-dealkylation sites (tertiary alicyclic amines) is 1. The fourth-order valence-corrected chi connectivity index (χ4v) is 6.28. The lowest BCUT2D eigenvalue weighted by Crippen LogP contribution is -2.62. The number of nitrogens with zero attached hydrogens (tertiary/aromatic N) is 7. The molecule has 2 aliphatic heterocycles. The lowest BCUT2D eigenvalue weighted by Gasteiger charge is -2.53. The summed E-state index contributed by atoms with van der Waals surface area (Å²) < 4.78 is 20.4. The first-order valence-electron chi connectivity index (χ1n) is 15.1. The van der Waals surface area contributed by atoms with E-state index in [1.54, 1.807) is 4.90 Å². The number of hydrogen-bond donors (Lipinski definition) is 1. The summed E-state index contributed by atoms with van der Waals surface area (Å²) >= 11 is 0. The lowest BCUT2D eigenvalue weighted by atomic mass is 9.76. The molecule has 1 aromatic heterocycles. The van der Waals surface area contributed by atoms with Crippen molar-refractivity contribution in [3.63, 3.8) is 0 Å². The molecule has 0 aliphatic carbocycles. The minimum Gasteiger partial charge on any atom is -0.483 e. The summed E-state index contributed by atoms with van der Waals surface area (Å²) in [6.07, 6.45) is 4.93. The van der Waals surface area contributed by atoms with Gasteiger partial charge < -0.3 is 24.5 Å². The Bertz CT molecular complexity index is 1210. The van der Waals surface area contributed by atoms with Crippen LogP contribution in [0.25, 0.3) is 0 Å². The molecular formula is C31H48FN7O4. The second-order valence-electron chi connectivity index (χ2n) is 12.5. The van der Waals surface area contributed by atoms with E-state index in [0.29, 0.717) is 24.3 Å². The maximum atomic E-state index is 14.2. The third kappa shape index (κ3) is 8.60. The van der Waals surface area contributed by atoms with Gasteiger partial charge >= 0.3 is 0 Å². The molecule has 1 N–H and O–H groups in total. The molecule has 2 aliphatic rings. The van der Waals surface area contributed by atoms with Crippen LogP contribution in [0.4, 0.5) is 10.2 Å². The zero-order valence-corrected chi connectivity index (χ0v) is 26.7. The molecule has 4 rings (SSSR count). The Hall–Kier alpha value is -3.38. The topological polar surface area (TPSA) is 115 Å². The molecule has 238 valence electrons.